The molecule has 5 heteroatoms. The molecular weight excluding hydrogens is 316 g/mol. The van der Waals surface area contributed by atoms with Gasteiger partial charge in [0.25, 0.3) is 0 Å². The lowest BCUT2D eigenvalue weighted by molar-refractivity contribution is -0.126. The van der Waals surface area contributed by atoms with Crippen molar-refractivity contribution in [1.29, 1.82) is 0 Å². The van der Waals surface area contributed by atoms with Crippen molar-refractivity contribution in [1.82, 2.24) is 10.6 Å². The molecule has 5 nitrogen and oxygen atoms in total. The summed E-state index contributed by atoms with van der Waals surface area (Å²) < 4.78 is 5.10. The number of hydrogen-bond donors (Lipinski definition) is 2. The van der Waals surface area contributed by atoms with E-state index in [9.17, 15) is 9.59 Å². The Balaban J connectivity index is 2.16. The van der Waals surface area contributed by atoms with Crippen LogP contribution in [0.25, 0.3) is 0 Å². The molecule has 0 bridgehead atoms. The molecule has 0 aliphatic carbocycles. The van der Waals surface area contributed by atoms with Gasteiger partial charge in [0.1, 0.15) is 5.75 Å². The van der Waals surface area contributed by atoms with Crippen molar-refractivity contribution in [2.45, 2.75) is 71.4 Å². The number of ether oxygens (including phenoxy) is 1. The van der Waals surface area contributed by atoms with Crippen molar-refractivity contribution in [3.63, 3.8) is 0 Å². The minimum atomic E-state index is -0.110. The van der Waals surface area contributed by atoms with Crippen LogP contribution in [0.3, 0.4) is 0 Å². The first-order valence-corrected chi connectivity index (χ1v) is 9.24. The number of carbonyl (C=O) groups is 2. The first-order valence-electron chi connectivity index (χ1n) is 9.24. The SMILES string of the molecule is CCCCCCC(C)NC(=O)CCC(=O)NCc1ccc(OC)cc1. The molecule has 0 aliphatic rings. The number of methoxy groups -OCH3 is 1. The van der Waals surface area contributed by atoms with Crippen LogP contribution in [0.2, 0.25) is 0 Å². The Morgan fingerprint density at radius 2 is 1.72 bits per heavy atom. The fourth-order valence-electron chi connectivity index (χ4n) is 2.56. The molecular formula is C20H32N2O3. The van der Waals surface area contributed by atoms with Gasteiger partial charge in [-0.05, 0) is 31.0 Å². The third kappa shape index (κ3) is 9.75. The monoisotopic (exact) mass is 348 g/mol. The Bertz CT molecular complexity index is 514. The van der Waals surface area contributed by atoms with Crippen LogP contribution in [0.1, 0.15) is 64.4 Å². The molecule has 2 N–H and O–H groups in total. The Morgan fingerprint density at radius 1 is 1.04 bits per heavy atom. The molecule has 0 heterocycles. The third-order valence-electron chi connectivity index (χ3n) is 4.13. The van der Waals surface area contributed by atoms with Gasteiger partial charge in [0.2, 0.25) is 11.8 Å². The van der Waals surface area contributed by atoms with Gasteiger partial charge in [0.15, 0.2) is 0 Å². The zero-order valence-electron chi connectivity index (χ0n) is 15.8. The lowest BCUT2D eigenvalue weighted by Gasteiger charge is -2.13. The predicted molar refractivity (Wildman–Crippen MR) is 100 cm³/mol. The maximum atomic E-state index is 11.9. The quantitative estimate of drug-likeness (QED) is 0.568. The van der Waals surface area contributed by atoms with E-state index in [-0.39, 0.29) is 30.7 Å². The lowest BCUT2D eigenvalue weighted by Crippen LogP contribution is -2.33. The summed E-state index contributed by atoms with van der Waals surface area (Å²) in [7, 11) is 1.62. The molecule has 1 aromatic carbocycles. The van der Waals surface area contributed by atoms with Crippen molar-refractivity contribution < 1.29 is 14.3 Å². The normalized spacial score (nSPS) is 11.6. The molecule has 0 radical (unpaired) electrons. The molecule has 2 amide bonds. The van der Waals surface area contributed by atoms with Gasteiger partial charge >= 0.3 is 0 Å². The number of carbonyl (C=O) groups excluding carboxylic acids is 2. The first-order chi connectivity index (χ1) is 12.0. The molecule has 0 spiro atoms. The highest BCUT2D eigenvalue weighted by Gasteiger charge is 2.10. The van der Waals surface area contributed by atoms with E-state index in [1.54, 1.807) is 7.11 Å². The molecule has 25 heavy (non-hydrogen) atoms. The second kappa shape index (κ2) is 12.3. The zero-order valence-corrected chi connectivity index (χ0v) is 15.8. The molecule has 1 atom stereocenters. The fourth-order valence-corrected chi connectivity index (χ4v) is 2.56. The number of rotatable bonds is 12. The molecule has 1 unspecified atom stereocenters. The Kier molecular flexibility index (Phi) is 10.4. The van der Waals surface area contributed by atoms with Crippen molar-refractivity contribution in [3.05, 3.63) is 29.8 Å². The zero-order chi connectivity index (χ0) is 18.5. The smallest absolute Gasteiger partial charge is 0.220 e. The number of amides is 2. The third-order valence-corrected chi connectivity index (χ3v) is 4.13. The summed E-state index contributed by atoms with van der Waals surface area (Å²) >= 11 is 0. The number of benzene rings is 1. The number of unbranched alkanes of at least 4 members (excludes halogenated alkanes) is 3. The molecule has 140 valence electrons. The van der Waals surface area contributed by atoms with Gasteiger partial charge in [0.05, 0.1) is 7.11 Å². The molecule has 0 saturated heterocycles. The molecule has 1 rings (SSSR count). The van der Waals surface area contributed by atoms with Gasteiger partial charge < -0.3 is 15.4 Å². The highest BCUT2D eigenvalue weighted by atomic mass is 16.5. The van der Waals surface area contributed by atoms with Crippen LogP contribution in [0.4, 0.5) is 0 Å². The maximum Gasteiger partial charge on any atom is 0.220 e. The van der Waals surface area contributed by atoms with Gasteiger partial charge in [-0.25, -0.2) is 0 Å². The average Bonchev–Trinajstić information content (AvgIpc) is 2.62. The van der Waals surface area contributed by atoms with Crippen LogP contribution in [-0.4, -0.2) is 25.0 Å². The van der Waals surface area contributed by atoms with E-state index in [1.165, 1.54) is 19.3 Å². The van der Waals surface area contributed by atoms with Crippen LogP contribution in [0.5, 0.6) is 5.75 Å². The standard InChI is InChI=1S/C20H32N2O3/c1-4-5-6-7-8-16(2)22-20(24)14-13-19(23)21-15-17-9-11-18(25-3)12-10-17/h9-12,16H,4-8,13-15H2,1-3H3,(H,21,23)(H,22,24). The molecule has 0 fully saturated rings. The minimum Gasteiger partial charge on any atom is -0.497 e. The van der Waals surface area contributed by atoms with Crippen LogP contribution < -0.4 is 15.4 Å². The van der Waals surface area contributed by atoms with Gasteiger partial charge in [-0.1, -0.05) is 44.7 Å². The van der Waals surface area contributed by atoms with E-state index in [1.807, 2.05) is 31.2 Å². The molecule has 1 aromatic rings. The molecule has 0 aliphatic heterocycles. The van der Waals surface area contributed by atoms with E-state index in [4.69, 9.17) is 4.74 Å². The van der Waals surface area contributed by atoms with E-state index in [0.29, 0.717) is 6.54 Å². The van der Waals surface area contributed by atoms with Gasteiger partial charge in [-0.3, -0.25) is 9.59 Å². The Labute approximate surface area is 151 Å². The summed E-state index contributed by atoms with van der Waals surface area (Å²) in [6, 6.07) is 7.71. The number of hydrogen-bond acceptors (Lipinski definition) is 3. The summed E-state index contributed by atoms with van der Waals surface area (Å²) in [6.07, 6.45) is 6.25. The van der Waals surface area contributed by atoms with Crippen molar-refractivity contribution >= 4 is 11.8 Å². The molecule has 0 aromatic heterocycles. The van der Waals surface area contributed by atoms with Gasteiger partial charge in [-0.2, -0.15) is 0 Å². The van der Waals surface area contributed by atoms with Crippen LogP contribution in [0.15, 0.2) is 24.3 Å². The molecule has 0 saturated carbocycles. The Hall–Kier alpha value is -2.04. The van der Waals surface area contributed by atoms with Crippen molar-refractivity contribution in [3.8, 4) is 5.75 Å². The van der Waals surface area contributed by atoms with Crippen molar-refractivity contribution in [2.75, 3.05) is 7.11 Å². The summed E-state index contributed by atoms with van der Waals surface area (Å²) in [5.41, 5.74) is 0.999. The van der Waals surface area contributed by atoms with E-state index >= 15 is 0 Å². The highest BCUT2D eigenvalue weighted by Crippen LogP contribution is 2.11. The fraction of sp³-hybridized carbons (Fsp3) is 0.600. The second-order valence-corrected chi connectivity index (χ2v) is 6.44. The second-order valence-electron chi connectivity index (χ2n) is 6.44. The maximum absolute atomic E-state index is 11.9. The summed E-state index contributed by atoms with van der Waals surface area (Å²) in [5.74, 6) is 0.625. The van der Waals surface area contributed by atoms with Crippen LogP contribution in [-0.2, 0) is 16.1 Å². The largest absolute Gasteiger partial charge is 0.497 e. The van der Waals surface area contributed by atoms with E-state index in [2.05, 4.69) is 17.6 Å². The number of nitrogens with one attached hydrogen (secondary N) is 2. The Morgan fingerprint density at radius 3 is 2.36 bits per heavy atom. The summed E-state index contributed by atoms with van der Waals surface area (Å²) in [4.78, 5) is 23.7. The minimum absolute atomic E-state index is 0.0532. The predicted octanol–water partition coefficient (Wildman–Crippen LogP) is 3.57. The topological polar surface area (TPSA) is 67.4 Å². The van der Waals surface area contributed by atoms with Crippen LogP contribution in [0, 0.1) is 0 Å². The summed E-state index contributed by atoms with van der Waals surface area (Å²) in [5, 5.41) is 5.80. The highest BCUT2D eigenvalue weighted by molar-refractivity contribution is 5.83. The first kappa shape index (κ1) is 21.0. The van der Waals surface area contributed by atoms with Crippen molar-refractivity contribution in [2.24, 2.45) is 0 Å². The lowest BCUT2D eigenvalue weighted by atomic mass is 10.1. The summed E-state index contributed by atoms with van der Waals surface area (Å²) in [6.45, 7) is 4.66. The van der Waals surface area contributed by atoms with Crippen LogP contribution >= 0.6 is 0 Å². The van der Waals surface area contributed by atoms with E-state index < -0.39 is 0 Å². The average molecular weight is 348 g/mol. The van der Waals surface area contributed by atoms with Gasteiger partial charge in [-0.15, -0.1) is 0 Å². The van der Waals surface area contributed by atoms with E-state index in [0.717, 1.165) is 24.2 Å². The van der Waals surface area contributed by atoms with Gasteiger partial charge in [0, 0.05) is 25.4 Å².